The highest BCUT2D eigenvalue weighted by Crippen LogP contribution is 2.29. The molecule has 0 aliphatic carbocycles. The quantitative estimate of drug-likeness (QED) is 0.606. The topological polar surface area (TPSA) is 103 Å². The van der Waals surface area contributed by atoms with Gasteiger partial charge in [0.2, 0.25) is 0 Å². The first kappa shape index (κ1) is 18.5. The van der Waals surface area contributed by atoms with Gasteiger partial charge in [0.05, 0.1) is 30.1 Å². The predicted molar refractivity (Wildman–Crippen MR) is 103 cm³/mol. The molecule has 1 aromatic carbocycles. The molecule has 0 bridgehead atoms. The van der Waals surface area contributed by atoms with Crippen LogP contribution in [-0.4, -0.2) is 44.4 Å². The normalized spacial score (nSPS) is 17.7. The summed E-state index contributed by atoms with van der Waals surface area (Å²) in [4.78, 5) is 13.8. The molecule has 1 saturated heterocycles. The molecule has 1 aliphatic rings. The van der Waals surface area contributed by atoms with Gasteiger partial charge < -0.3 is 14.6 Å². The molecule has 0 saturated carbocycles. The summed E-state index contributed by atoms with van der Waals surface area (Å²) < 4.78 is 5.97. The zero-order chi connectivity index (χ0) is 19.5. The Balaban J connectivity index is 1.46. The molecule has 7 heteroatoms. The third kappa shape index (κ3) is 3.85. The molecule has 2 aromatic heterocycles. The molecule has 3 heterocycles. The lowest BCUT2D eigenvalue weighted by Crippen LogP contribution is -2.33. The maximum Gasteiger partial charge on any atom is 0.336 e. The number of aromatic amines is 1. The molecule has 3 aromatic rings. The maximum absolute atomic E-state index is 11.4. The Kier molecular flexibility index (Phi) is 5.27. The summed E-state index contributed by atoms with van der Waals surface area (Å²) in [6, 6.07) is 12.5. The summed E-state index contributed by atoms with van der Waals surface area (Å²) in [5.74, 6) is 0.747. The predicted octanol–water partition coefficient (Wildman–Crippen LogP) is 3.24. The number of carbonyl (C=O) groups is 1. The number of hydrogen-bond acceptors (Lipinski definition) is 5. The standard InChI is InChI=1S/C21H23N3O4/c25-13-15-10-19(23-22-15)14-4-3-9-24(11-14)12-16-7-8-20(28-16)17-5-1-2-6-18(17)21(26)27/h1-2,5-8,10,14,25H,3-4,9,11-13H2,(H,22,23)(H,26,27)/t14-/m0/s1. The minimum atomic E-state index is -0.964. The monoisotopic (exact) mass is 381 g/mol. The van der Waals surface area contributed by atoms with Crippen LogP contribution in [0.2, 0.25) is 0 Å². The number of nitrogens with zero attached hydrogens (tertiary/aromatic N) is 2. The third-order valence-corrected chi connectivity index (χ3v) is 5.21. The van der Waals surface area contributed by atoms with Crippen molar-refractivity contribution in [2.45, 2.75) is 31.9 Å². The van der Waals surface area contributed by atoms with Gasteiger partial charge in [-0.25, -0.2) is 4.79 Å². The van der Waals surface area contributed by atoms with E-state index in [0.717, 1.165) is 43.1 Å². The lowest BCUT2D eigenvalue weighted by atomic mass is 9.94. The van der Waals surface area contributed by atoms with Crippen LogP contribution in [0.1, 0.15) is 46.3 Å². The van der Waals surface area contributed by atoms with Gasteiger partial charge in [0.25, 0.3) is 0 Å². The second-order valence-corrected chi connectivity index (χ2v) is 7.17. The molecule has 0 spiro atoms. The van der Waals surface area contributed by atoms with E-state index in [1.807, 2.05) is 24.3 Å². The second kappa shape index (κ2) is 8.00. The summed E-state index contributed by atoms with van der Waals surface area (Å²) >= 11 is 0. The van der Waals surface area contributed by atoms with Gasteiger partial charge in [-0.2, -0.15) is 5.10 Å². The van der Waals surface area contributed by atoms with Crippen LogP contribution in [0, 0.1) is 0 Å². The first-order valence-corrected chi connectivity index (χ1v) is 9.43. The Bertz CT molecular complexity index is 962. The number of aromatic nitrogens is 2. The molecule has 0 unspecified atom stereocenters. The van der Waals surface area contributed by atoms with E-state index in [1.54, 1.807) is 18.2 Å². The first-order valence-electron chi connectivity index (χ1n) is 9.43. The summed E-state index contributed by atoms with van der Waals surface area (Å²) in [5, 5.41) is 25.8. The van der Waals surface area contributed by atoms with Gasteiger partial charge in [0.15, 0.2) is 0 Å². The summed E-state index contributed by atoms with van der Waals surface area (Å²) in [5.41, 5.74) is 2.55. The molecular weight excluding hydrogens is 358 g/mol. The van der Waals surface area contributed by atoms with E-state index >= 15 is 0 Å². The molecule has 7 nitrogen and oxygen atoms in total. The molecule has 0 amide bonds. The van der Waals surface area contributed by atoms with E-state index in [9.17, 15) is 15.0 Å². The van der Waals surface area contributed by atoms with Crippen molar-refractivity contribution < 1.29 is 19.4 Å². The summed E-state index contributed by atoms with van der Waals surface area (Å²) in [6.45, 7) is 2.49. The number of piperidine rings is 1. The molecule has 3 N–H and O–H groups in total. The Labute approximate surface area is 162 Å². The zero-order valence-electron chi connectivity index (χ0n) is 15.5. The van der Waals surface area contributed by atoms with Gasteiger partial charge in [-0.3, -0.25) is 10.00 Å². The van der Waals surface area contributed by atoms with E-state index in [1.165, 1.54) is 0 Å². The fraction of sp³-hybridized carbons (Fsp3) is 0.333. The summed E-state index contributed by atoms with van der Waals surface area (Å²) in [7, 11) is 0. The number of hydrogen-bond donors (Lipinski definition) is 3. The van der Waals surface area contributed by atoms with Crippen LogP contribution in [0.25, 0.3) is 11.3 Å². The number of likely N-dealkylation sites (tertiary alicyclic amines) is 1. The minimum absolute atomic E-state index is 0.0313. The van der Waals surface area contributed by atoms with Gasteiger partial charge in [0.1, 0.15) is 11.5 Å². The third-order valence-electron chi connectivity index (χ3n) is 5.21. The van der Waals surface area contributed by atoms with Crippen LogP contribution in [0.5, 0.6) is 0 Å². The fourth-order valence-corrected chi connectivity index (χ4v) is 3.82. The molecule has 1 atom stereocenters. The van der Waals surface area contributed by atoms with Crippen LogP contribution >= 0.6 is 0 Å². The zero-order valence-corrected chi connectivity index (χ0v) is 15.5. The van der Waals surface area contributed by atoms with Gasteiger partial charge in [-0.15, -0.1) is 0 Å². The Morgan fingerprint density at radius 3 is 2.93 bits per heavy atom. The molecule has 1 fully saturated rings. The van der Waals surface area contributed by atoms with E-state index in [4.69, 9.17) is 4.42 Å². The van der Waals surface area contributed by atoms with E-state index in [0.29, 0.717) is 23.8 Å². The first-order chi connectivity index (χ1) is 13.6. The molecule has 146 valence electrons. The Morgan fingerprint density at radius 2 is 2.14 bits per heavy atom. The van der Waals surface area contributed by atoms with E-state index in [2.05, 4.69) is 15.1 Å². The van der Waals surface area contributed by atoms with Crippen LogP contribution < -0.4 is 0 Å². The van der Waals surface area contributed by atoms with Crippen LogP contribution in [0.3, 0.4) is 0 Å². The smallest absolute Gasteiger partial charge is 0.336 e. The lowest BCUT2D eigenvalue weighted by molar-refractivity contribution is 0.0697. The highest BCUT2D eigenvalue weighted by Gasteiger charge is 2.24. The molecular formula is C21H23N3O4. The van der Waals surface area contributed by atoms with Gasteiger partial charge in [0, 0.05) is 18.0 Å². The average molecular weight is 381 g/mol. The second-order valence-electron chi connectivity index (χ2n) is 7.17. The molecule has 28 heavy (non-hydrogen) atoms. The van der Waals surface area contributed by atoms with Crippen molar-refractivity contribution in [2.75, 3.05) is 13.1 Å². The largest absolute Gasteiger partial charge is 0.478 e. The fourth-order valence-electron chi connectivity index (χ4n) is 3.82. The number of carboxylic acid groups (broad SMARTS) is 1. The Morgan fingerprint density at radius 1 is 1.29 bits per heavy atom. The average Bonchev–Trinajstić information content (AvgIpc) is 3.38. The van der Waals surface area contributed by atoms with Gasteiger partial charge >= 0.3 is 5.97 Å². The van der Waals surface area contributed by atoms with Crippen molar-refractivity contribution in [1.82, 2.24) is 15.1 Å². The van der Waals surface area contributed by atoms with Crippen molar-refractivity contribution >= 4 is 5.97 Å². The van der Waals surface area contributed by atoms with Gasteiger partial charge in [-0.05, 0) is 43.7 Å². The van der Waals surface area contributed by atoms with E-state index < -0.39 is 5.97 Å². The number of furan rings is 1. The van der Waals surface area contributed by atoms with Crippen LogP contribution in [0.4, 0.5) is 0 Å². The lowest BCUT2D eigenvalue weighted by Gasteiger charge is -2.31. The van der Waals surface area contributed by atoms with Crippen molar-refractivity contribution in [3.05, 3.63) is 65.2 Å². The highest BCUT2D eigenvalue weighted by atomic mass is 16.4. The Hall–Kier alpha value is -2.90. The van der Waals surface area contributed by atoms with Crippen molar-refractivity contribution in [3.8, 4) is 11.3 Å². The number of benzene rings is 1. The van der Waals surface area contributed by atoms with Crippen molar-refractivity contribution in [1.29, 1.82) is 0 Å². The van der Waals surface area contributed by atoms with Gasteiger partial charge in [-0.1, -0.05) is 18.2 Å². The van der Waals surface area contributed by atoms with E-state index in [-0.39, 0.29) is 12.2 Å². The number of carboxylic acids is 1. The number of aromatic carboxylic acids is 1. The number of nitrogens with one attached hydrogen (secondary N) is 1. The molecule has 4 rings (SSSR count). The van der Waals surface area contributed by atoms with Crippen molar-refractivity contribution in [2.24, 2.45) is 0 Å². The number of rotatable bonds is 6. The van der Waals surface area contributed by atoms with Crippen LogP contribution in [0.15, 0.2) is 46.9 Å². The van der Waals surface area contributed by atoms with Crippen LogP contribution in [-0.2, 0) is 13.2 Å². The van der Waals surface area contributed by atoms with Crippen molar-refractivity contribution in [3.63, 3.8) is 0 Å². The molecule has 1 aliphatic heterocycles. The summed E-state index contributed by atoms with van der Waals surface area (Å²) in [6.07, 6.45) is 2.14. The number of aliphatic hydroxyl groups excluding tert-OH is 1. The number of H-pyrrole nitrogens is 1. The highest BCUT2D eigenvalue weighted by molar-refractivity contribution is 5.95. The number of aliphatic hydroxyl groups is 1. The minimum Gasteiger partial charge on any atom is -0.478 e. The molecule has 0 radical (unpaired) electrons. The maximum atomic E-state index is 11.4. The SMILES string of the molecule is O=C(O)c1ccccc1-c1ccc(CN2CCC[C@H](c3cc(CO)[nH]n3)C2)o1.